The number of benzene rings is 1. The second kappa shape index (κ2) is 4.64. The van der Waals surface area contributed by atoms with Gasteiger partial charge in [0.25, 0.3) is 5.91 Å². The van der Waals surface area contributed by atoms with Gasteiger partial charge in [0.15, 0.2) is 0 Å². The van der Waals surface area contributed by atoms with E-state index in [0.29, 0.717) is 5.75 Å². The van der Waals surface area contributed by atoms with E-state index in [-0.39, 0.29) is 23.9 Å². The van der Waals surface area contributed by atoms with Gasteiger partial charge in [0.05, 0.1) is 19.2 Å². The maximum Gasteiger partial charge on any atom is 0.251 e. The number of hydrogen-bond acceptors (Lipinski definition) is 4. The highest BCUT2D eigenvalue weighted by molar-refractivity contribution is 6.06. The Morgan fingerprint density at radius 1 is 1.44 bits per heavy atom. The number of likely N-dealkylation sites (N-methyl/N-ethyl adjacent to an activating group) is 1. The van der Waals surface area contributed by atoms with Crippen LogP contribution in [0, 0.1) is 5.82 Å². The zero-order valence-corrected chi connectivity index (χ0v) is 10.1. The van der Waals surface area contributed by atoms with Crippen LogP contribution < -0.4 is 10.1 Å². The van der Waals surface area contributed by atoms with Crippen LogP contribution in [0.5, 0.6) is 5.75 Å². The molecule has 2 rings (SSSR count). The van der Waals surface area contributed by atoms with Crippen molar-refractivity contribution in [3.05, 3.63) is 24.0 Å². The van der Waals surface area contributed by atoms with E-state index in [0.717, 1.165) is 4.90 Å². The summed E-state index contributed by atoms with van der Waals surface area (Å²) in [5.74, 6) is -0.655. The van der Waals surface area contributed by atoms with Gasteiger partial charge < -0.3 is 10.1 Å². The highest BCUT2D eigenvalue weighted by Crippen LogP contribution is 2.24. The van der Waals surface area contributed by atoms with Crippen molar-refractivity contribution in [2.24, 2.45) is 0 Å². The van der Waals surface area contributed by atoms with Crippen molar-refractivity contribution in [3.8, 4) is 5.75 Å². The van der Waals surface area contributed by atoms with Crippen molar-refractivity contribution in [3.63, 3.8) is 0 Å². The predicted octanol–water partition coefficient (Wildman–Crippen LogP) is 1.00. The Labute approximate surface area is 104 Å². The zero-order chi connectivity index (χ0) is 13.3. The van der Waals surface area contributed by atoms with Crippen molar-refractivity contribution in [1.29, 1.82) is 0 Å². The van der Waals surface area contributed by atoms with Gasteiger partial charge in [0, 0.05) is 13.1 Å². The second-order valence-electron chi connectivity index (χ2n) is 4.04. The molecule has 1 fully saturated rings. The quantitative estimate of drug-likeness (QED) is 0.815. The third kappa shape index (κ3) is 2.13. The highest BCUT2D eigenvalue weighted by Gasteiger charge is 2.36. The molecule has 1 atom stereocenters. The van der Waals surface area contributed by atoms with E-state index in [1.165, 1.54) is 32.4 Å². The van der Waals surface area contributed by atoms with E-state index in [2.05, 4.69) is 5.32 Å². The van der Waals surface area contributed by atoms with E-state index in [4.69, 9.17) is 4.74 Å². The van der Waals surface area contributed by atoms with Crippen LogP contribution >= 0.6 is 0 Å². The van der Waals surface area contributed by atoms with Crippen LogP contribution in [0.1, 0.15) is 6.42 Å². The fourth-order valence-electron chi connectivity index (χ4n) is 1.80. The van der Waals surface area contributed by atoms with E-state index >= 15 is 0 Å². The SMILES string of the molecule is COc1ccc(F)c(NC2CC(=O)N(C)C2=O)c1. The molecule has 1 aromatic carbocycles. The van der Waals surface area contributed by atoms with Gasteiger partial charge in [0.1, 0.15) is 17.6 Å². The lowest BCUT2D eigenvalue weighted by atomic mass is 10.2. The summed E-state index contributed by atoms with van der Waals surface area (Å²) in [5, 5.41) is 2.73. The average molecular weight is 252 g/mol. The first-order valence-electron chi connectivity index (χ1n) is 5.43. The molecular weight excluding hydrogens is 239 g/mol. The molecule has 0 aromatic heterocycles. The summed E-state index contributed by atoms with van der Waals surface area (Å²) in [6, 6.07) is 3.45. The van der Waals surface area contributed by atoms with E-state index in [1.807, 2.05) is 0 Å². The summed E-state index contributed by atoms with van der Waals surface area (Å²) in [4.78, 5) is 24.1. The Hall–Kier alpha value is -2.11. The fraction of sp³-hybridized carbons (Fsp3) is 0.333. The van der Waals surface area contributed by atoms with Gasteiger partial charge in [0.2, 0.25) is 5.91 Å². The van der Waals surface area contributed by atoms with Crippen LogP contribution in [-0.4, -0.2) is 36.9 Å². The molecular formula is C12H13FN2O3. The molecule has 1 saturated heterocycles. The molecule has 0 radical (unpaired) electrons. The summed E-state index contributed by atoms with van der Waals surface area (Å²) >= 11 is 0. The Morgan fingerprint density at radius 3 is 2.72 bits per heavy atom. The normalized spacial score (nSPS) is 19.3. The number of anilines is 1. The molecule has 0 bridgehead atoms. The number of ether oxygens (including phenoxy) is 1. The third-order valence-corrected chi connectivity index (χ3v) is 2.88. The molecule has 2 amide bonds. The molecule has 5 nitrogen and oxygen atoms in total. The first kappa shape index (κ1) is 12.3. The van der Waals surface area contributed by atoms with Gasteiger partial charge in [-0.25, -0.2) is 4.39 Å². The minimum Gasteiger partial charge on any atom is -0.497 e. The summed E-state index contributed by atoms with van der Waals surface area (Å²) in [5.41, 5.74) is 0.149. The Balaban J connectivity index is 2.19. The fourth-order valence-corrected chi connectivity index (χ4v) is 1.80. The summed E-state index contributed by atoms with van der Waals surface area (Å²) in [7, 11) is 2.88. The number of carbonyl (C=O) groups is 2. The molecule has 0 saturated carbocycles. The number of methoxy groups -OCH3 is 1. The van der Waals surface area contributed by atoms with Crippen molar-refractivity contribution in [1.82, 2.24) is 4.90 Å². The zero-order valence-electron chi connectivity index (χ0n) is 10.1. The Kier molecular flexibility index (Phi) is 3.18. The summed E-state index contributed by atoms with van der Waals surface area (Å²) < 4.78 is 18.5. The Bertz CT molecular complexity index is 504. The lowest BCUT2D eigenvalue weighted by Crippen LogP contribution is -2.32. The third-order valence-electron chi connectivity index (χ3n) is 2.88. The smallest absolute Gasteiger partial charge is 0.251 e. The molecule has 1 heterocycles. The molecule has 0 aliphatic carbocycles. The van der Waals surface area contributed by atoms with Crippen LogP contribution in [0.15, 0.2) is 18.2 Å². The van der Waals surface area contributed by atoms with Crippen LogP contribution in [0.3, 0.4) is 0 Å². The molecule has 18 heavy (non-hydrogen) atoms. The lowest BCUT2D eigenvalue weighted by molar-refractivity contribution is -0.136. The Morgan fingerprint density at radius 2 is 2.17 bits per heavy atom. The molecule has 6 heteroatoms. The van der Waals surface area contributed by atoms with Crippen LogP contribution in [0.2, 0.25) is 0 Å². The van der Waals surface area contributed by atoms with Gasteiger partial charge in [-0.05, 0) is 12.1 Å². The number of likely N-dealkylation sites (tertiary alicyclic amines) is 1. The van der Waals surface area contributed by atoms with E-state index in [9.17, 15) is 14.0 Å². The largest absolute Gasteiger partial charge is 0.497 e. The van der Waals surface area contributed by atoms with Gasteiger partial charge >= 0.3 is 0 Å². The number of imide groups is 1. The van der Waals surface area contributed by atoms with Gasteiger partial charge in [-0.2, -0.15) is 0 Å². The van der Waals surface area contributed by atoms with Crippen molar-refractivity contribution < 1.29 is 18.7 Å². The number of rotatable bonds is 3. The highest BCUT2D eigenvalue weighted by atomic mass is 19.1. The number of carbonyl (C=O) groups excluding carboxylic acids is 2. The maximum absolute atomic E-state index is 13.6. The monoisotopic (exact) mass is 252 g/mol. The van der Waals surface area contributed by atoms with Gasteiger partial charge in [-0.15, -0.1) is 0 Å². The first-order valence-corrected chi connectivity index (χ1v) is 5.43. The van der Waals surface area contributed by atoms with E-state index in [1.54, 1.807) is 0 Å². The van der Waals surface area contributed by atoms with Crippen molar-refractivity contribution in [2.45, 2.75) is 12.5 Å². The topological polar surface area (TPSA) is 58.6 Å². The standard InChI is InChI=1S/C12H13FN2O3/c1-15-11(16)6-10(12(15)17)14-9-5-7(18-2)3-4-8(9)13/h3-5,10,14H,6H2,1-2H3. The van der Waals surface area contributed by atoms with Gasteiger partial charge in [-0.1, -0.05) is 0 Å². The van der Waals surface area contributed by atoms with E-state index < -0.39 is 11.9 Å². The number of amides is 2. The summed E-state index contributed by atoms with van der Waals surface area (Å²) in [6.45, 7) is 0. The lowest BCUT2D eigenvalue weighted by Gasteiger charge is -2.13. The minimum atomic E-state index is -0.718. The molecule has 1 aromatic rings. The molecule has 1 aliphatic heterocycles. The van der Waals surface area contributed by atoms with Crippen LogP contribution in [0.4, 0.5) is 10.1 Å². The molecule has 0 spiro atoms. The second-order valence-corrected chi connectivity index (χ2v) is 4.04. The number of nitrogens with zero attached hydrogens (tertiary/aromatic N) is 1. The molecule has 96 valence electrons. The number of halogens is 1. The molecule has 1 aliphatic rings. The number of hydrogen-bond donors (Lipinski definition) is 1. The predicted molar refractivity (Wildman–Crippen MR) is 62.8 cm³/mol. The minimum absolute atomic E-state index is 0.0337. The molecule has 1 N–H and O–H groups in total. The molecule has 1 unspecified atom stereocenters. The van der Waals surface area contributed by atoms with Crippen molar-refractivity contribution in [2.75, 3.05) is 19.5 Å². The van der Waals surface area contributed by atoms with Crippen LogP contribution in [0.25, 0.3) is 0 Å². The van der Waals surface area contributed by atoms with Gasteiger partial charge in [-0.3, -0.25) is 14.5 Å². The summed E-state index contributed by atoms with van der Waals surface area (Å²) in [6.07, 6.45) is 0.0337. The van der Waals surface area contributed by atoms with Crippen LogP contribution in [-0.2, 0) is 9.59 Å². The number of nitrogens with one attached hydrogen (secondary N) is 1. The van der Waals surface area contributed by atoms with Crippen molar-refractivity contribution >= 4 is 17.5 Å². The average Bonchev–Trinajstić information content (AvgIpc) is 2.60. The first-order chi connectivity index (χ1) is 8.52. The maximum atomic E-state index is 13.6.